The molecule has 0 amide bonds. The lowest BCUT2D eigenvalue weighted by atomic mass is 10.1. The Kier molecular flexibility index (Phi) is 11.1. The number of hydrogen-bond donors (Lipinski definition) is 3. The highest BCUT2D eigenvalue weighted by Crippen LogP contribution is 2.20. The molecule has 1 aliphatic rings. The molecule has 22 heavy (non-hydrogen) atoms. The van der Waals surface area contributed by atoms with E-state index < -0.39 is 24.4 Å². The maximum atomic E-state index is 9.75. The number of aliphatic hydroxyl groups excluding tert-OH is 3. The van der Waals surface area contributed by atoms with Crippen LogP contribution in [0.1, 0.15) is 64.7 Å². The summed E-state index contributed by atoms with van der Waals surface area (Å²) in [6.07, 6.45) is 8.21. The molecule has 0 aromatic heterocycles. The highest BCUT2D eigenvalue weighted by atomic mass is 16.6. The lowest BCUT2D eigenvalue weighted by molar-refractivity contribution is -0.101. The Labute approximate surface area is 134 Å². The van der Waals surface area contributed by atoms with Crippen molar-refractivity contribution < 1.29 is 24.8 Å². The summed E-state index contributed by atoms with van der Waals surface area (Å²) in [4.78, 5) is 0. The molecule has 0 saturated carbocycles. The van der Waals surface area contributed by atoms with E-state index >= 15 is 0 Å². The zero-order chi connectivity index (χ0) is 16.2. The first kappa shape index (κ1) is 19.8. The number of ether oxygens (including phenoxy) is 2. The van der Waals surface area contributed by atoms with Crippen LogP contribution in [0.3, 0.4) is 0 Å². The van der Waals surface area contributed by atoms with Crippen LogP contribution < -0.4 is 0 Å². The minimum atomic E-state index is -0.972. The van der Waals surface area contributed by atoms with Crippen molar-refractivity contribution in [3.05, 3.63) is 0 Å². The van der Waals surface area contributed by atoms with Crippen LogP contribution >= 0.6 is 0 Å². The van der Waals surface area contributed by atoms with Crippen molar-refractivity contribution in [2.45, 2.75) is 89.1 Å². The SMILES string of the molecule is CCCCCCCCCCCO[C@@H](CO)[C@@H]1OC[C@@H](O)[C@@H]1O. The van der Waals surface area contributed by atoms with E-state index in [-0.39, 0.29) is 13.2 Å². The van der Waals surface area contributed by atoms with Gasteiger partial charge in [-0.2, -0.15) is 0 Å². The van der Waals surface area contributed by atoms with Gasteiger partial charge < -0.3 is 24.8 Å². The lowest BCUT2D eigenvalue weighted by Gasteiger charge is -2.24. The Morgan fingerprint density at radius 2 is 1.59 bits per heavy atom. The molecule has 1 fully saturated rings. The van der Waals surface area contributed by atoms with Gasteiger partial charge in [-0.25, -0.2) is 0 Å². The third kappa shape index (κ3) is 7.38. The third-order valence-corrected chi connectivity index (χ3v) is 4.32. The third-order valence-electron chi connectivity index (χ3n) is 4.32. The maximum absolute atomic E-state index is 9.75. The quantitative estimate of drug-likeness (QED) is 0.453. The van der Waals surface area contributed by atoms with Crippen molar-refractivity contribution in [1.82, 2.24) is 0 Å². The predicted octanol–water partition coefficient (Wildman–Crippen LogP) is 2.02. The number of unbranched alkanes of at least 4 members (excludes halogenated alkanes) is 8. The van der Waals surface area contributed by atoms with E-state index in [0.29, 0.717) is 6.61 Å². The van der Waals surface area contributed by atoms with E-state index in [1.54, 1.807) is 0 Å². The molecule has 1 aliphatic heterocycles. The molecule has 3 N–H and O–H groups in total. The van der Waals surface area contributed by atoms with E-state index in [1.807, 2.05) is 0 Å². The second kappa shape index (κ2) is 12.3. The van der Waals surface area contributed by atoms with E-state index in [2.05, 4.69) is 6.92 Å². The second-order valence-corrected chi connectivity index (χ2v) is 6.28. The van der Waals surface area contributed by atoms with Crippen LogP contribution in [0.4, 0.5) is 0 Å². The van der Waals surface area contributed by atoms with Crippen LogP contribution in [-0.4, -0.2) is 59.6 Å². The molecular formula is C17H34O5. The number of aliphatic hydroxyl groups is 3. The fraction of sp³-hybridized carbons (Fsp3) is 1.00. The monoisotopic (exact) mass is 318 g/mol. The summed E-state index contributed by atoms with van der Waals surface area (Å²) in [5.41, 5.74) is 0. The fourth-order valence-electron chi connectivity index (χ4n) is 2.85. The highest BCUT2D eigenvalue weighted by Gasteiger charge is 2.40. The maximum Gasteiger partial charge on any atom is 0.114 e. The minimum Gasteiger partial charge on any atom is -0.394 e. The van der Waals surface area contributed by atoms with Gasteiger partial charge in [0.25, 0.3) is 0 Å². The normalized spacial score (nSPS) is 26.5. The second-order valence-electron chi connectivity index (χ2n) is 6.28. The molecule has 132 valence electrons. The van der Waals surface area contributed by atoms with Crippen molar-refractivity contribution >= 4 is 0 Å². The Balaban J connectivity index is 1.98. The van der Waals surface area contributed by atoms with Gasteiger partial charge in [-0.15, -0.1) is 0 Å². The standard InChI is InChI=1S/C17H34O5/c1-2-3-4-5-6-7-8-9-10-11-21-15(12-18)17-16(20)14(19)13-22-17/h14-20H,2-13H2,1H3/t14-,15+,16+,17+/m1/s1. The van der Waals surface area contributed by atoms with Crippen LogP contribution in [0.25, 0.3) is 0 Å². The first-order valence-electron chi connectivity index (χ1n) is 8.90. The fourth-order valence-corrected chi connectivity index (χ4v) is 2.85. The molecule has 0 bridgehead atoms. The molecule has 0 spiro atoms. The van der Waals surface area contributed by atoms with Crippen LogP contribution in [-0.2, 0) is 9.47 Å². The van der Waals surface area contributed by atoms with Crippen LogP contribution in [0, 0.1) is 0 Å². The number of rotatable bonds is 13. The lowest BCUT2D eigenvalue weighted by Crippen LogP contribution is -2.42. The van der Waals surface area contributed by atoms with Crippen molar-refractivity contribution in [3.8, 4) is 0 Å². The van der Waals surface area contributed by atoms with Crippen molar-refractivity contribution in [2.75, 3.05) is 19.8 Å². The first-order chi connectivity index (χ1) is 10.7. The van der Waals surface area contributed by atoms with Gasteiger partial charge in [0, 0.05) is 6.61 Å². The summed E-state index contributed by atoms with van der Waals surface area (Å²) in [5, 5.41) is 28.5. The van der Waals surface area contributed by atoms with E-state index in [9.17, 15) is 15.3 Å². The van der Waals surface area contributed by atoms with Gasteiger partial charge in [-0.3, -0.25) is 0 Å². The average molecular weight is 318 g/mol. The largest absolute Gasteiger partial charge is 0.394 e. The van der Waals surface area contributed by atoms with E-state index in [1.165, 1.54) is 44.9 Å². The summed E-state index contributed by atoms with van der Waals surface area (Å²) >= 11 is 0. The summed E-state index contributed by atoms with van der Waals surface area (Å²) in [6.45, 7) is 2.69. The molecule has 1 rings (SSSR count). The molecule has 1 heterocycles. The minimum absolute atomic E-state index is 0.101. The first-order valence-corrected chi connectivity index (χ1v) is 8.90. The van der Waals surface area contributed by atoms with E-state index in [4.69, 9.17) is 9.47 Å². The summed E-state index contributed by atoms with van der Waals surface area (Å²) in [5.74, 6) is 0. The van der Waals surface area contributed by atoms with Gasteiger partial charge in [-0.05, 0) is 6.42 Å². The summed E-state index contributed by atoms with van der Waals surface area (Å²) in [6, 6.07) is 0. The Hall–Kier alpha value is -0.200. The van der Waals surface area contributed by atoms with Gasteiger partial charge in [0.05, 0.1) is 13.2 Å². The molecule has 1 saturated heterocycles. The molecule has 5 heteroatoms. The molecule has 4 atom stereocenters. The van der Waals surface area contributed by atoms with E-state index in [0.717, 1.165) is 12.8 Å². The topological polar surface area (TPSA) is 79.2 Å². The molecule has 0 unspecified atom stereocenters. The average Bonchev–Trinajstić information content (AvgIpc) is 2.85. The van der Waals surface area contributed by atoms with Crippen LogP contribution in [0.15, 0.2) is 0 Å². The molecule has 0 aliphatic carbocycles. The predicted molar refractivity (Wildman–Crippen MR) is 85.8 cm³/mol. The smallest absolute Gasteiger partial charge is 0.114 e. The Bertz CT molecular complexity index is 261. The van der Waals surface area contributed by atoms with Crippen LogP contribution in [0.2, 0.25) is 0 Å². The van der Waals surface area contributed by atoms with Crippen molar-refractivity contribution in [3.63, 3.8) is 0 Å². The van der Waals surface area contributed by atoms with Crippen LogP contribution in [0.5, 0.6) is 0 Å². The van der Waals surface area contributed by atoms with Crippen molar-refractivity contribution in [2.24, 2.45) is 0 Å². The molecule has 5 nitrogen and oxygen atoms in total. The highest BCUT2D eigenvalue weighted by molar-refractivity contribution is 4.88. The Morgan fingerprint density at radius 3 is 2.09 bits per heavy atom. The molecule has 0 radical (unpaired) electrons. The van der Waals surface area contributed by atoms with Gasteiger partial charge in [0.2, 0.25) is 0 Å². The number of hydrogen-bond acceptors (Lipinski definition) is 5. The van der Waals surface area contributed by atoms with Gasteiger partial charge in [0.15, 0.2) is 0 Å². The zero-order valence-corrected chi connectivity index (χ0v) is 14.0. The molecule has 0 aromatic rings. The van der Waals surface area contributed by atoms with Gasteiger partial charge in [-0.1, -0.05) is 58.3 Å². The molecular weight excluding hydrogens is 284 g/mol. The van der Waals surface area contributed by atoms with Gasteiger partial charge >= 0.3 is 0 Å². The van der Waals surface area contributed by atoms with Crippen molar-refractivity contribution in [1.29, 1.82) is 0 Å². The summed E-state index contributed by atoms with van der Waals surface area (Å²) in [7, 11) is 0. The summed E-state index contributed by atoms with van der Waals surface area (Å²) < 4.78 is 10.9. The zero-order valence-electron chi connectivity index (χ0n) is 14.0. The van der Waals surface area contributed by atoms with Gasteiger partial charge in [0.1, 0.15) is 24.4 Å². The Morgan fingerprint density at radius 1 is 1.00 bits per heavy atom. The molecule has 0 aromatic carbocycles.